The molecular formula is C12H18N4O2. The van der Waals surface area contributed by atoms with Gasteiger partial charge in [-0.1, -0.05) is 0 Å². The lowest BCUT2D eigenvalue weighted by Crippen LogP contribution is -2.37. The molecule has 0 amide bonds. The maximum atomic E-state index is 11.1. The highest BCUT2D eigenvalue weighted by molar-refractivity contribution is 5.59. The van der Waals surface area contributed by atoms with Gasteiger partial charge in [0.15, 0.2) is 0 Å². The lowest BCUT2D eigenvalue weighted by atomic mass is 10.2. The first-order valence-electron chi connectivity index (χ1n) is 6.16. The van der Waals surface area contributed by atoms with Crippen molar-refractivity contribution < 1.29 is 4.92 Å². The van der Waals surface area contributed by atoms with E-state index in [2.05, 4.69) is 15.2 Å². The molecule has 1 aliphatic heterocycles. The Morgan fingerprint density at radius 3 is 3.06 bits per heavy atom. The Kier molecular flexibility index (Phi) is 3.76. The number of hydrogen-bond acceptors (Lipinski definition) is 5. The molecule has 1 unspecified atom stereocenters. The van der Waals surface area contributed by atoms with Crippen LogP contribution in [0.1, 0.15) is 18.5 Å². The summed E-state index contributed by atoms with van der Waals surface area (Å²) in [5.41, 5.74) is 0.911. The molecule has 1 aromatic heterocycles. The molecule has 0 spiro atoms. The fourth-order valence-electron chi connectivity index (χ4n) is 2.45. The fraction of sp³-hybridized carbons (Fsp3) is 0.583. The van der Waals surface area contributed by atoms with Crippen molar-refractivity contribution in [3.8, 4) is 0 Å². The van der Waals surface area contributed by atoms with Gasteiger partial charge in [0.1, 0.15) is 0 Å². The van der Waals surface area contributed by atoms with E-state index < -0.39 is 0 Å². The van der Waals surface area contributed by atoms with E-state index in [0.717, 1.165) is 31.6 Å². The molecule has 1 saturated heterocycles. The number of anilines is 1. The molecule has 0 bridgehead atoms. The normalized spacial score (nSPS) is 19.2. The summed E-state index contributed by atoms with van der Waals surface area (Å²) in [7, 11) is 1.90. The van der Waals surface area contributed by atoms with Gasteiger partial charge in [0, 0.05) is 30.9 Å². The smallest absolute Gasteiger partial charge is 0.311 e. The van der Waals surface area contributed by atoms with Crippen LogP contribution in [0.15, 0.2) is 12.1 Å². The second-order valence-corrected chi connectivity index (χ2v) is 4.60. The summed E-state index contributed by atoms with van der Waals surface area (Å²) in [6.07, 6.45) is 2.10. The Hall–Kier alpha value is -1.69. The zero-order valence-electron chi connectivity index (χ0n) is 10.7. The summed E-state index contributed by atoms with van der Waals surface area (Å²) in [5, 5.41) is 14.2. The highest BCUT2D eigenvalue weighted by Crippen LogP contribution is 2.31. The van der Waals surface area contributed by atoms with Crippen molar-refractivity contribution in [2.75, 3.05) is 25.0 Å². The molecule has 1 aliphatic rings. The van der Waals surface area contributed by atoms with E-state index in [1.165, 1.54) is 0 Å². The van der Waals surface area contributed by atoms with Gasteiger partial charge < -0.3 is 10.2 Å². The minimum Gasteiger partial charge on any atom is -0.347 e. The van der Waals surface area contributed by atoms with Crippen LogP contribution in [0.2, 0.25) is 0 Å². The van der Waals surface area contributed by atoms with Gasteiger partial charge in [-0.25, -0.2) is 4.98 Å². The minimum atomic E-state index is -0.351. The Balaban J connectivity index is 2.36. The molecule has 0 saturated carbocycles. The standard InChI is InChI=1S/C12H18N4O2/c1-9-5-6-11(16(17)18)12(14-9)15-7-3-4-10(15)8-13-2/h5-6,10,13H,3-4,7-8H2,1-2H3. The van der Waals surface area contributed by atoms with E-state index in [9.17, 15) is 10.1 Å². The summed E-state index contributed by atoms with van der Waals surface area (Å²) in [6, 6.07) is 3.53. The number of hydrogen-bond donors (Lipinski definition) is 1. The predicted molar refractivity (Wildman–Crippen MR) is 69.9 cm³/mol. The molecule has 18 heavy (non-hydrogen) atoms. The second kappa shape index (κ2) is 5.30. The highest BCUT2D eigenvalue weighted by atomic mass is 16.6. The van der Waals surface area contributed by atoms with Crippen molar-refractivity contribution in [2.24, 2.45) is 0 Å². The molecule has 2 heterocycles. The van der Waals surface area contributed by atoms with Crippen LogP contribution in [0.3, 0.4) is 0 Å². The third-order valence-electron chi connectivity index (χ3n) is 3.28. The zero-order chi connectivity index (χ0) is 13.1. The van der Waals surface area contributed by atoms with Crippen molar-refractivity contribution in [3.63, 3.8) is 0 Å². The average molecular weight is 250 g/mol. The Labute approximate surface area is 106 Å². The lowest BCUT2D eigenvalue weighted by molar-refractivity contribution is -0.384. The highest BCUT2D eigenvalue weighted by Gasteiger charge is 2.30. The van der Waals surface area contributed by atoms with Crippen LogP contribution in [0, 0.1) is 17.0 Å². The first-order valence-corrected chi connectivity index (χ1v) is 6.16. The summed E-state index contributed by atoms with van der Waals surface area (Å²) in [5.74, 6) is 0.512. The van der Waals surface area contributed by atoms with E-state index in [1.807, 2.05) is 14.0 Å². The molecule has 98 valence electrons. The van der Waals surface area contributed by atoms with Gasteiger partial charge in [0.25, 0.3) is 0 Å². The van der Waals surface area contributed by atoms with Gasteiger partial charge in [0.2, 0.25) is 5.82 Å². The first kappa shape index (κ1) is 12.8. The topological polar surface area (TPSA) is 71.3 Å². The van der Waals surface area contributed by atoms with Crippen molar-refractivity contribution in [1.82, 2.24) is 10.3 Å². The third-order valence-corrected chi connectivity index (χ3v) is 3.28. The van der Waals surface area contributed by atoms with Crippen LogP contribution in [-0.4, -0.2) is 36.1 Å². The number of likely N-dealkylation sites (N-methyl/N-ethyl adjacent to an activating group) is 1. The second-order valence-electron chi connectivity index (χ2n) is 4.60. The fourth-order valence-corrected chi connectivity index (χ4v) is 2.45. The van der Waals surface area contributed by atoms with Crippen molar-refractivity contribution in [1.29, 1.82) is 0 Å². The van der Waals surface area contributed by atoms with Gasteiger partial charge in [-0.15, -0.1) is 0 Å². The van der Waals surface area contributed by atoms with E-state index >= 15 is 0 Å². The Bertz CT molecular complexity index is 450. The number of nitro groups is 1. The molecule has 0 aromatic carbocycles. The van der Waals surface area contributed by atoms with Crippen LogP contribution in [0.4, 0.5) is 11.5 Å². The molecule has 6 nitrogen and oxygen atoms in total. The number of nitrogens with one attached hydrogen (secondary N) is 1. The van der Waals surface area contributed by atoms with Gasteiger partial charge in [-0.2, -0.15) is 0 Å². The average Bonchev–Trinajstić information content (AvgIpc) is 2.77. The van der Waals surface area contributed by atoms with Crippen molar-refractivity contribution >= 4 is 11.5 Å². The Morgan fingerprint density at radius 1 is 1.61 bits per heavy atom. The molecule has 1 fully saturated rings. The van der Waals surface area contributed by atoms with E-state index in [4.69, 9.17) is 0 Å². The molecule has 0 aliphatic carbocycles. The lowest BCUT2D eigenvalue weighted by Gasteiger charge is -2.25. The molecule has 2 rings (SSSR count). The summed E-state index contributed by atoms with van der Waals surface area (Å²) in [4.78, 5) is 17.1. The number of rotatable bonds is 4. The summed E-state index contributed by atoms with van der Waals surface area (Å²) >= 11 is 0. The molecule has 1 aromatic rings. The quantitative estimate of drug-likeness (QED) is 0.647. The maximum Gasteiger partial charge on any atom is 0.311 e. The predicted octanol–water partition coefficient (Wildman–Crippen LogP) is 1.49. The van der Waals surface area contributed by atoms with Crippen molar-refractivity contribution in [2.45, 2.75) is 25.8 Å². The SMILES string of the molecule is CNCC1CCCN1c1nc(C)ccc1[N+](=O)[O-]. The van der Waals surface area contributed by atoms with Crippen LogP contribution < -0.4 is 10.2 Å². The van der Waals surface area contributed by atoms with Crippen LogP contribution in [0.5, 0.6) is 0 Å². The molecular weight excluding hydrogens is 232 g/mol. The minimum absolute atomic E-state index is 0.101. The molecule has 1 N–H and O–H groups in total. The number of pyridine rings is 1. The zero-order valence-corrected chi connectivity index (χ0v) is 10.7. The van der Waals surface area contributed by atoms with Gasteiger partial charge in [0.05, 0.1) is 4.92 Å². The third kappa shape index (κ3) is 2.43. The first-order chi connectivity index (χ1) is 8.63. The maximum absolute atomic E-state index is 11.1. The van der Waals surface area contributed by atoms with E-state index in [0.29, 0.717) is 11.9 Å². The Morgan fingerprint density at radius 2 is 2.39 bits per heavy atom. The molecule has 0 radical (unpaired) electrons. The number of aryl methyl sites for hydroxylation is 1. The summed E-state index contributed by atoms with van der Waals surface area (Å²) in [6.45, 7) is 3.52. The van der Waals surface area contributed by atoms with Gasteiger partial charge in [-0.05, 0) is 32.9 Å². The van der Waals surface area contributed by atoms with Gasteiger partial charge in [-0.3, -0.25) is 10.1 Å². The van der Waals surface area contributed by atoms with Crippen LogP contribution in [0.25, 0.3) is 0 Å². The number of aromatic nitrogens is 1. The largest absolute Gasteiger partial charge is 0.347 e. The monoisotopic (exact) mass is 250 g/mol. The number of nitrogens with zero attached hydrogens (tertiary/aromatic N) is 3. The molecule has 1 atom stereocenters. The van der Waals surface area contributed by atoms with Gasteiger partial charge >= 0.3 is 5.69 Å². The van der Waals surface area contributed by atoms with E-state index in [-0.39, 0.29) is 10.6 Å². The summed E-state index contributed by atoms with van der Waals surface area (Å²) < 4.78 is 0. The van der Waals surface area contributed by atoms with Crippen molar-refractivity contribution in [3.05, 3.63) is 27.9 Å². The van der Waals surface area contributed by atoms with Crippen LogP contribution in [-0.2, 0) is 0 Å². The van der Waals surface area contributed by atoms with Crippen LogP contribution >= 0.6 is 0 Å². The van der Waals surface area contributed by atoms with E-state index in [1.54, 1.807) is 12.1 Å². The molecule has 6 heteroatoms.